The molecule has 1 saturated carbocycles. The van der Waals surface area contributed by atoms with E-state index in [2.05, 4.69) is 10.6 Å². The number of hydrogen-bond donors (Lipinski definition) is 2. The van der Waals surface area contributed by atoms with E-state index in [1.54, 1.807) is 45.0 Å². The Hall–Kier alpha value is -3.82. The van der Waals surface area contributed by atoms with E-state index in [0.717, 1.165) is 21.6 Å². The second kappa shape index (κ2) is 10.2. The number of alkyl halides is 2. The highest BCUT2D eigenvalue weighted by Gasteiger charge is 2.55. The largest absolute Gasteiger partial charge is 0.444 e. The molecule has 2 aromatic rings. The Kier molecular flexibility index (Phi) is 7.27. The quantitative estimate of drug-likeness (QED) is 0.404. The van der Waals surface area contributed by atoms with Crippen molar-refractivity contribution in [3.63, 3.8) is 0 Å². The molecule has 0 aromatic heterocycles. The maximum Gasteiger partial charge on any atom is 0.407 e. The van der Waals surface area contributed by atoms with Crippen LogP contribution in [0.1, 0.15) is 62.4 Å². The van der Waals surface area contributed by atoms with Crippen LogP contribution in [0, 0.1) is 0 Å². The normalized spacial score (nSPS) is 18.3. The van der Waals surface area contributed by atoms with Gasteiger partial charge < -0.3 is 15.4 Å². The van der Waals surface area contributed by atoms with Crippen molar-refractivity contribution in [3.05, 3.63) is 59.7 Å². The summed E-state index contributed by atoms with van der Waals surface area (Å²) in [6, 6.07) is 13.4. The molecule has 1 spiro atoms. The first-order chi connectivity index (χ1) is 17.8. The third-order valence-electron chi connectivity index (χ3n) is 6.74. The molecule has 0 radical (unpaired) electrons. The van der Waals surface area contributed by atoms with Crippen LogP contribution in [0.2, 0.25) is 0 Å². The standard InChI is InChI=1S/C28H31F2N3O5/c1-26(2,3)38-25(37)31-16-20-6-4-5-7-21(20)18-8-10-19(11-9-18)22(34)17-33-23(35)27(32-24(33)36)12-14-28(29,30)15-13-27/h4-11H,12-17H2,1-3H3,(H,31,37)(H,32,36). The van der Waals surface area contributed by atoms with Gasteiger partial charge >= 0.3 is 12.1 Å². The lowest BCUT2D eigenvalue weighted by Crippen LogP contribution is -2.51. The molecule has 1 aliphatic heterocycles. The first kappa shape index (κ1) is 27.2. The van der Waals surface area contributed by atoms with E-state index in [0.29, 0.717) is 5.56 Å². The Labute approximate surface area is 219 Å². The number of alkyl carbamates (subject to hydrolysis) is 1. The highest BCUT2D eigenvalue weighted by molar-refractivity contribution is 6.11. The number of carbonyl (C=O) groups is 4. The van der Waals surface area contributed by atoms with Gasteiger partial charge in [-0.25, -0.2) is 18.4 Å². The van der Waals surface area contributed by atoms with Crippen LogP contribution < -0.4 is 10.6 Å². The molecule has 0 bridgehead atoms. The van der Waals surface area contributed by atoms with E-state index in [4.69, 9.17) is 4.74 Å². The number of nitrogens with zero attached hydrogens (tertiary/aromatic N) is 1. The van der Waals surface area contributed by atoms with E-state index >= 15 is 0 Å². The fourth-order valence-electron chi connectivity index (χ4n) is 4.71. The molecule has 0 atom stereocenters. The van der Waals surface area contributed by atoms with Crippen molar-refractivity contribution in [2.45, 2.75) is 70.1 Å². The Balaban J connectivity index is 1.42. The molecule has 2 fully saturated rings. The summed E-state index contributed by atoms with van der Waals surface area (Å²) in [5.41, 5.74) is 0.834. The second-order valence-corrected chi connectivity index (χ2v) is 10.8. The molecule has 202 valence electrons. The fraction of sp³-hybridized carbons (Fsp3) is 0.429. The highest BCUT2D eigenvalue weighted by Crippen LogP contribution is 2.41. The first-order valence-corrected chi connectivity index (χ1v) is 12.5. The molecule has 8 nitrogen and oxygen atoms in total. The number of amides is 4. The summed E-state index contributed by atoms with van der Waals surface area (Å²) in [6.07, 6.45) is -1.83. The first-order valence-electron chi connectivity index (χ1n) is 12.5. The Morgan fingerprint density at radius 2 is 1.63 bits per heavy atom. The maximum absolute atomic E-state index is 13.6. The molecule has 38 heavy (non-hydrogen) atoms. The second-order valence-electron chi connectivity index (χ2n) is 10.8. The fourth-order valence-corrected chi connectivity index (χ4v) is 4.71. The number of hydrogen-bond acceptors (Lipinski definition) is 5. The average molecular weight is 528 g/mol. The number of carbonyl (C=O) groups excluding carboxylic acids is 4. The third-order valence-corrected chi connectivity index (χ3v) is 6.74. The van der Waals surface area contributed by atoms with Crippen LogP contribution in [-0.4, -0.2) is 52.3 Å². The van der Waals surface area contributed by atoms with Crippen molar-refractivity contribution in [2.75, 3.05) is 6.54 Å². The number of halogens is 2. The molecule has 2 aromatic carbocycles. The number of urea groups is 1. The van der Waals surface area contributed by atoms with Crippen LogP contribution in [0.3, 0.4) is 0 Å². The van der Waals surface area contributed by atoms with E-state index in [-0.39, 0.29) is 19.4 Å². The SMILES string of the molecule is CC(C)(C)OC(=O)NCc1ccccc1-c1ccc(C(=O)CN2C(=O)NC3(CCC(F)(F)CC3)C2=O)cc1. The minimum Gasteiger partial charge on any atom is -0.444 e. The van der Waals surface area contributed by atoms with Crippen molar-refractivity contribution in [1.82, 2.24) is 15.5 Å². The molecule has 2 aliphatic rings. The zero-order valence-electron chi connectivity index (χ0n) is 21.6. The lowest BCUT2D eigenvalue weighted by molar-refractivity contribution is -0.135. The van der Waals surface area contributed by atoms with Crippen LogP contribution in [0.4, 0.5) is 18.4 Å². The molecule has 1 aliphatic carbocycles. The smallest absolute Gasteiger partial charge is 0.407 e. The van der Waals surface area contributed by atoms with Crippen molar-refractivity contribution in [3.8, 4) is 11.1 Å². The van der Waals surface area contributed by atoms with Gasteiger partial charge in [0.1, 0.15) is 11.1 Å². The number of ketones is 1. The topological polar surface area (TPSA) is 105 Å². The number of nitrogens with one attached hydrogen (secondary N) is 2. The predicted molar refractivity (Wildman–Crippen MR) is 136 cm³/mol. The number of ether oxygens (including phenoxy) is 1. The molecular formula is C28H31F2N3O5. The van der Waals surface area contributed by atoms with Gasteiger partial charge in [-0.3, -0.25) is 14.5 Å². The van der Waals surface area contributed by atoms with Gasteiger partial charge in [-0.05, 0) is 50.3 Å². The van der Waals surface area contributed by atoms with Gasteiger partial charge in [-0.2, -0.15) is 0 Å². The number of rotatable bonds is 6. The van der Waals surface area contributed by atoms with E-state index in [1.807, 2.05) is 24.3 Å². The van der Waals surface area contributed by atoms with Crippen LogP contribution in [0.25, 0.3) is 11.1 Å². The molecule has 1 heterocycles. The number of benzene rings is 2. The highest BCUT2D eigenvalue weighted by atomic mass is 19.3. The Morgan fingerprint density at radius 3 is 2.26 bits per heavy atom. The summed E-state index contributed by atoms with van der Waals surface area (Å²) in [4.78, 5) is 51.2. The van der Waals surface area contributed by atoms with E-state index < -0.39 is 60.3 Å². The van der Waals surface area contributed by atoms with Crippen molar-refractivity contribution in [2.24, 2.45) is 0 Å². The lowest BCUT2D eigenvalue weighted by Gasteiger charge is -2.34. The average Bonchev–Trinajstić information content (AvgIpc) is 3.08. The van der Waals surface area contributed by atoms with Crippen LogP contribution in [0.15, 0.2) is 48.5 Å². The zero-order chi connectivity index (χ0) is 27.7. The molecule has 2 N–H and O–H groups in total. The summed E-state index contributed by atoms with van der Waals surface area (Å²) >= 11 is 0. The van der Waals surface area contributed by atoms with Crippen LogP contribution >= 0.6 is 0 Å². The Bertz CT molecular complexity index is 1240. The van der Waals surface area contributed by atoms with Crippen LogP contribution in [0.5, 0.6) is 0 Å². The van der Waals surface area contributed by atoms with Gasteiger partial charge in [0.15, 0.2) is 5.78 Å². The number of imide groups is 1. The summed E-state index contributed by atoms with van der Waals surface area (Å²) in [7, 11) is 0. The monoisotopic (exact) mass is 527 g/mol. The maximum atomic E-state index is 13.6. The number of Topliss-reactive ketones (excluding diaryl/α,β-unsaturated/α-hetero) is 1. The predicted octanol–water partition coefficient (Wildman–Crippen LogP) is 5.06. The molecule has 4 amide bonds. The lowest BCUT2D eigenvalue weighted by atomic mass is 9.80. The molecule has 0 unspecified atom stereocenters. The summed E-state index contributed by atoms with van der Waals surface area (Å²) in [6.45, 7) is 5.12. The third kappa shape index (κ3) is 6.00. The minimum atomic E-state index is -2.86. The van der Waals surface area contributed by atoms with Gasteiger partial charge in [-0.1, -0.05) is 48.5 Å². The van der Waals surface area contributed by atoms with Gasteiger partial charge in [0, 0.05) is 24.9 Å². The Morgan fingerprint density at radius 1 is 1.00 bits per heavy atom. The van der Waals surface area contributed by atoms with Crippen LogP contribution in [-0.2, 0) is 16.1 Å². The van der Waals surface area contributed by atoms with Crippen molar-refractivity contribution in [1.29, 1.82) is 0 Å². The molecule has 10 heteroatoms. The van der Waals surface area contributed by atoms with Crippen molar-refractivity contribution >= 4 is 23.8 Å². The van der Waals surface area contributed by atoms with E-state index in [1.165, 1.54) is 0 Å². The minimum absolute atomic E-state index is 0.161. The molecule has 4 rings (SSSR count). The van der Waals surface area contributed by atoms with E-state index in [9.17, 15) is 28.0 Å². The zero-order valence-corrected chi connectivity index (χ0v) is 21.6. The van der Waals surface area contributed by atoms with Gasteiger partial charge in [-0.15, -0.1) is 0 Å². The molecular weight excluding hydrogens is 496 g/mol. The molecule has 1 saturated heterocycles. The van der Waals surface area contributed by atoms with Gasteiger partial charge in [0.05, 0.1) is 6.54 Å². The van der Waals surface area contributed by atoms with Gasteiger partial charge in [0.25, 0.3) is 5.91 Å². The summed E-state index contributed by atoms with van der Waals surface area (Å²) in [5.74, 6) is -3.93. The van der Waals surface area contributed by atoms with Gasteiger partial charge in [0.2, 0.25) is 5.92 Å². The summed E-state index contributed by atoms with van der Waals surface area (Å²) < 4.78 is 32.5. The van der Waals surface area contributed by atoms with Crippen molar-refractivity contribution < 1.29 is 32.7 Å². The summed E-state index contributed by atoms with van der Waals surface area (Å²) in [5, 5.41) is 5.29.